The number of benzene rings is 3. The van der Waals surface area contributed by atoms with Gasteiger partial charge >= 0.3 is 18.6 Å². The molecule has 3 rings (SSSR count). The molecule has 0 aliphatic heterocycles. The van der Waals surface area contributed by atoms with E-state index >= 15 is 0 Å². The molecular formula is C31H32F3N4O4+. The number of nitrogens with zero attached hydrogens (tertiary/aromatic N) is 1. The van der Waals surface area contributed by atoms with Crippen molar-refractivity contribution in [3.8, 4) is 11.5 Å². The van der Waals surface area contributed by atoms with E-state index in [0.29, 0.717) is 45.7 Å². The Morgan fingerprint density at radius 2 is 1.67 bits per heavy atom. The summed E-state index contributed by atoms with van der Waals surface area (Å²) in [6, 6.07) is 18.2. The van der Waals surface area contributed by atoms with Gasteiger partial charge in [0.25, 0.3) is 5.91 Å². The number of hydrogen-bond acceptors (Lipinski definition) is 4. The second-order valence-electron chi connectivity index (χ2n) is 8.74. The van der Waals surface area contributed by atoms with Crippen molar-refractivity contribution in [2.45, 2.75) is 26.4 Å². The van der Waals surface area contributed by atoms with Gasteiger partial charge < -0.3 is 15.4 Å². The molecule has 0 unspecified atom stereocenters. The van der Waals surface area contributed by atoms with Crippen LogP contribution in [0, 0.1) is 4.54 Å². The fourth-order valence-corrected chi connectivity index (χ4v) is 4.14. The van der Waals surface area contributed by atoms with Gasteiger partial charge in [0.05, 0.1) is 22.3 Å². The maximum Gasteiger partial charge on any atom is 0.416 e. The lowest BCUT2D eigenvalue weighted by Crippen LogP contribution is -2.22. The Balaban J connectivity index is 2.10. The number of carbonyl (C=O) groups is 1. The van der Waals surface area contributed by atoms with Gasteiger partial charge in [0.2, 0.25) is 0 Å². The summed E-state index contributed by atoms with van der Waals surface area (Å²) < 4.78 is 55.6. The number of ketones is 1. The molecule has 220 valence electrons. The van der Waals surface area contributed by atoms with Gasteiger partial charge in [0, 0.05) is 38.3 Å². The van der Waals surface area contributed by atoms with E-state index in [1.807, 2.05) is 6.92 Å². The number of carbonyl (C=O) groups excluding carboxylic acids is 2. The first-order valence-corrected chi connectivity index (χ1v) is 13.1. The number of hydrogen-bond donors (Lipinski definition) is 2. The van der Waals surface area contributed by atoms with Crippen LogP contribution in [0.1, 0.15) is 47.0 Å². The van der Waals surface area contributed by atoms with Crippen molar-refractivity contribution in [1.29, 1.82) is 0 Å². The summed E-state index contributed by atoms with van der Waals surface area (Å²) in [7, 11) is 3.20. The molecule has 3 aromatic carbocycles. The van der Waals surface area contributed by atoms with Crippen LogP contribution in [-0.2, 0) is 11.0 Å². The minimum atomic E-state index is -4.49. The Labute approximate surface area is 242 Å². The molecule has 42 heavy (non-hydrogen) atoms. The average molecular weight is 582 g/mol. The summed E-state index contributed by atoms with van der Waals surface area (Å²) in [4.78, 5) is 12.7. The minimum Gasteiger partial charge on any atom is -0.457 e. The third kappa shape index (κ3) is 7.62. The number of halogens is 3. The Morgan fingerprint density at radius 3 is 2.24 bits per heavy atom. The first-order valence-electron chi connectivity index (χ1n) is 13.1. The number of rotatable bonds is 11. The van der Waals surface area contributed by atoms with Crippen molar-refractivity contribution >= 4 is 23.0 Å². The van der Waals surface area contributed by atoms with E-state index < -0.39 is 11.7 Å². The van der Waals surface area contributed by atoms with E-state index in [4.69, 9.17) is 19.7 Å². The molecule has 0 saturated carbocycles. The number of alkyl halides is 3. The Morgan fingerprint density at radius 1 is 0.976 bits per heavy atom. The Hall–Kier alpha value is -4.93. The zero-order chi connectivity index (χ0) is 30.7. The molecule has 8 nitrogen and oxygen atoms in total. The van der Waals surface area contributed by atoms with Gasteiger partial charge in [-0.2, -0.15) is 13.2 Å². The van der Waals surface area contributed by atoms with Crippen molar-refractivity contribution in [3.63, 3.8) is 0 Å². The molecule has 0 heterocycles. The smallest absolute Gasteiger partial charge is 0.416 e. The molecule has 1 amide bonds. The maximum atomic E-state index is 13.1. The summed E-state index contributed by atoms with van der Waals surface area (Å²) >= 11 is 0. The summed E-state index contributed by atoms with van der Waals surface area (Å²) in [6.07, 6.45) is -2.55. The first kappa shape index (κ1) is 31.6. The van der Waals surface area contributed by atoms with Crippen LogP contribution in [0.25, 0.3) is 17.2 Å². The van der Waals surface area contributed by atoms with Crippen LogP contribution in [0.5, 0.6) is 11.5 Å². The third-order valence-electron chi connectivity index (χ3n) is 6.05. The van der Waals surface area contributed by atoms with Crippen LogP contribution >= 0.6 is 0 Å². The predicted octanol–water partition coefficient (Wildman–Crippen LogP) is 7.63. The van der Waals surface area contributed by atoms with Crippen molar-refractivity contribution in [1.82, 2.24) is 10.6 Å². The number of likely N-dealkylation sites (N-methyl/N-ethyl adjacent to an activating group) is 1. The van der Waals surface area contributed by atoms with E-state index in [2.05, 4.69) is 15.8 Å². The number of allylic oxidation sites excluding steroid dienone is 1. The zero-order valence-electron chi connectivity index (χ0n) is 23.6. The molecule has 0 spiro atoms. The summed E-state index contributed by atoms with van der Waals surface area (Å²) in [5, 5.41) is 9.82. The maximum absolute atomic E-state index is 13.1. The fraction of sp³-hybridized carbons (Fsp3) is 0.226. The molecule has 3 N–H and O–H groups in total. The lowest BCUT2D eigenvalue weighted by atomic mass is 9.90. The van der Waals surface area contributed by atoms with E-state index in [0.717, 1.165) is 12.1 Å². The highest BCUT2D eigenvalue weighted by Gasteiger charge is 2.31. The second-order valence-corrected chi connectivity index (χ2v) is 8.74. The van der Waals surface area contributed by atoms with Crippen LogP contribution in [0.2, 0.25) is 0 Å². The molecule has 0 bridgehead atoms. The molecule has 0 aromatic heterocycles. The topological polar surface area (TPSA) is 109 Å². The van der Waals surface area contributed by atoms with Crippen LogP contribution in [0.4, 0.5) is 13.2 Å². The number of nitrogens with one attached hydrogen (secondary N) is 3. The largest absolute Gasteiger partial charge is 0.457 e. The van der Waals surface area contributed by atoms with E-state index in [9.17, 15) is 18.0 Å². The standard InChI is InChI=1S/C31H31F3N4O4/c1-5-24(29(42-35)26-13-8-7-12-25(26)27(19-36-3)30(39)37-4)28(38-40-6-2)20-14-16-22(17-15-20)41-23-11-9-10-21(18-23)31(32,33)34/h7-19,35H,5-6H2,1-4H3,(H-,36,37,39)/p+1. The highest BCUT2D eigenvalue weighted by Crippen LogP contribution is 2.34. The van der Waals surface area contributed by atoms with Crippen molar-refractivity contribution in [3.05, 3.63) is 117 Å². The minimum absolute atomic E-state index is 0.0398. The van der Waals surface area contributed by atoms with Crippen LogP contribution < -0.4 is 15.4 Å². The third-order valence-corrected chi connectivity index (χ3v) is 6.05. The molecule has 11 heteroatoms. The van der Waals surface area contributed by atoms with Gasteiger partial charge in [-0.1, -0.05) is 31.2 Å². The van der Waals surface area contributed by atoms with Crippen LogP contribution in [0.3, 0.4) is 0 Å². The SMILES string of the molecule is CC[O+]=NC(=C(CC)C(=[O+][NH-])c1ccccc1C(=CNC)C(=O)NC)c1ccc(Oc2cccc(C(F)(F)F)c2)cc1. The van der Waals surface area contributed by atoms with Gasteiger partial charge in [-0.15, -0.1) is 4.54 Å². The Bertz CT molecular complexity index is 1510. The molecular weight excluding hydrogens is 549 g/mol. The van der Waals surface area contributed by atoms with Gasteiger partial charge in [0.1, 0.15) is 11.5 Å². The molecule has 0 atom stereocenters. The van der Waals surface area contributed by atoms with Gasteiger partial charge in [-0.3, -0.25) is 15.2 Å². The normalized spacial score (nSPS) is 13.1. The summed E-state index contributed by atoms with van der Waals surface area (Å²) in [5.41, 5.74) is 2.02. The number of nitroso groups, excluding NO2 is 1. The van der Waals surface area contributed by atoms with E-state index in [-0.39, 0.29) is 24.0 Å². The van der Waals surface area contributed by atoms with Gasteiger partial charge in [0.15, 0.2) is 10.9 Å². The lowest BCUT2D eigenvalue weighted by Gasteiger charge is -2.12. The lowest BCUT2D eigenvalue weighted by molar-refractivity contribution is -0.171. The predicted molar refractivity (Wildman–Crippen MR) is 158 cm³/mol. The van der Waals surface area contributed by atoms with Gasteiger partial charge in [-0.05, 0) is 55.0 Å². The highest BCUT2D eigenvalue weighted by molar-refractivity contribution is 6.24. The summed E-state index contributed by atoms with van der Waals surface area (Å²) in [6.45, 7) is 3.92. The molecule has 0 aliphatic rings. The van der Waals surface area contributed by atoms with Gasteiger partial charge in [-0.25, -0.2) is 0 Å². The Kier molecular flexibility index (Phi) is 11.0. The second kappa shape index (κ2) is 14.6. The van der Waals surface area contributed by atoms with E-state index in [1.165, 1.54) is 19.2 Å². The molecule has 0 aliphatic carbocycles. The molecule has 0 saturated heterocycles. The molecule has 0 radical (unpaired) electrons. The first-order chi connectivity index (χ1) is 20.2. The van der Waals surface area contributed by atoms with Crippen molar-refractivity contribution in [2.24, 2.45) is 5.18 Å². The number of ether oxygens (including phenoxy) is 1. The highest BCUT2D eigenvalue weighted by atomic mass is 19.4. The average Bonchev–Trinajstić information content (AvgIpc) is 2.99. The van der Waals surface area contributed by atoms with E-state index in [1.54, 1.807) is 68.7 Å². The zero-order valence-corrected chi connectivity index (χ0v) is 23.6. The van der Waals surface area contributed by atoms with Crippen molar-refractivity contribution in [2.75, 3.05) is 20.7 Å². The quantitative estimate of drug-likeness (QED) is 0.105. The fourth-order valence-electron chi connectivity index (χ4n) is 4.14. The number of amides is 1. The molecule has 0 fully saturated rings. The monoisotopic (exact) mass is 581 g/mol. The van der Waals surface area contributed by atoms with Crippen LogP contribution in [0.15, 0.2) is 89.7 Å². The van der Waals surface area contributed by atoms with Crippen LogP contribution in [-0.4, -0.2) is 32.4 Å². The summed E-state index contributed by atoms with van der Waals surface area (Å²) in [5.74, 6) is 8.17. The molecule has 3 aromatic rings. The van der Waals surface area contributed by atoms with Crippen molar-refractivity contribution < 1.29 is 27.2 Å².